The lowest BCUT2D eigenvalue weighted by Crippen LogP contribution is -2.79. The molecular weight excluding hydrogens is 548 g/mol. The lowest BCUT2D eigenvalue weighted by Gasteiger charge is -2.55. The third-order valence-corrected chi connectivity index (χ3v) is 11.3. The first-order valence-electron chi connectivity index (χ1n) is 16.3. The molecule has 0 N–H and O–H groups in total. The average molecular weight is 583 g/mol. The largest absolute Gasteiger partial charge is 0.266 e. The van der Waals surface area contributed by atoms with E-state index in [2.05, 4.69) is 151 Å². The number of aryl methyl sites for hydroxylation is 2. The van der Waals surface area contributed by atoms with Crippen LogP contribution in [0.5, 0.6) is 0 Å². The molecule has 10 rings (SSSR count). The summed E-state index contributed by atoms with van der Waals surface area (Å²) >= 11 is 0. The van der Waals surface area contributed by atoms with Crippen LogP contribution in [-0.2, 0) is 11.0 Å². The van der Waals surface area contributed by atoms with Gasteiger partial charge in [-0.05, 0) is 50.1 Å². The van der Waals surface area contributed by atoms with Gasteiger partial charge in [0.1, 0.15) is 10.9 Å². The van der Waals surface area contributed by atoms with Gasteiger partial charge in [0.25, 0.3) is 11.2 Å². The van der Waals surface area contributed by atoms with Crippen LogP contribution in [0.4, 0.5) is 0 Å². The van der Waals surface area contributed by atoms with Crippen molar-refractivity contribution in [3.05, 3.63) is 137 Å². The Morgan fingerprint density at radius 2 is 1.58 bits per heavy atom. The monoisotopic (exact) mass is 582 g/mol. The number of hydrogen-bond donors (Lipinski definition) is 0. The molecule has 0 fully saturated rings. The fraction of sp³-hybridized carbons (Fsp3) is 0.195. The third-order valence-electron chi connectivity index (χ3n) is 11.3. The van der Waals surface area contributed by atoms with Crippen molar-refractivity contribution in [3.8, 4) is 22.5 Å². The van der Waals surface area contributed by atoms with Crippen LogP contribution < -0.4 is 8.97 Å². The maximum Gasteiger partial charge on any atom is 0.266 e. The van der Waals surface area contributed by atoms with E-state index >= 15 is 0 Å². The molecule has 2 aliphatic rings. The average Bonchev–Trinajstić information content (AvgIpc) is 3.52. The quantitative estimate of drug-likeness (QED) is 0.152. The summed E-state index contributed by atoms with van der Waals surface area (Å²) in [5.74, 6) is 0. The Labute approximate surface area is 262 Å². The molecule has 45 heavy (non-hydrogen) atoms. The number of hydrogen-bond acceptors (Lipinski definition) is 1. The molecule has 1 aliphatic heterocycles. The van der Waals surface area contributed by atoms with Crippen molar-refractivity contribution in [1.82, 2.24) is 9.61 Å². The first kappa shape index (κ1) is 25.3. The van der Waals surface area contributed by atoms with Gasteiger partial charge in [-0.1, -0.05) is 80.1 Å². The summed E-state index contributed by atoms with van der Waals surface area (Å²) in [6.45, 7) is 9.28. The molecule has 0 radical (unpaired) electrons. The van der Waals surface area contributed by atoms with Crippen LogP contribution in [0, 0.1) is 13.8 Å². The Balaban J connectivity index is 1.45. The predicted molar refractivity (Wildman–Crippen MR) is 180 cm³/mol. The summed E-state index contributed by atoms with van der Waals surface area (Å²) in [4.78, 5) is 0. The van der Waals surface area contributed by atoms with E-state index in [9.17, 15) is 0 Å². The molecule has 0 saturated carbocycles. The molecule has 4 heteroatoms. The van der Waals surface area contributed by atoms with Gasteiger partial charge in [-0.15, -0.1) is 0 Å². The fourth-order valence-corrected chi connectivity index (χ4v) is 9.62. The minimum atomic E-state index is -0.244. The van der Waals surface area contributed by atoms with Crippen molar-refractivity contribution in [3.63, 3.8) is 0 Å². The summed E-state index contributed by atoms with van der Waals surface area (Å²) in [7, 11) is 0. The molecule has 2 unspecified atom stereocenters. The molecule has 2 atom stereocenters. The van der Waals surface area contributed by atoms with Gasteiger partial charge in [0.05, 0.1) is 27.7 Å². The Bertz CT molecular complexity index is 2390. The van der Waals surface area contributed by atoms with Gasteiger partial charge < -0.3 is 0 Å². The van der Waals surface area contributed by atoms with E-state index in [1.165, 1.54) is 60.9 Å². The standard InChI is InChI=1S/C41H34N4/c1-5-40-31-22-25(3)17-19-28(31)33-20-18-26(4)24-44(33)41(40,6-2)39-37(40)30-15-10-14-29-35-23-32(27-12-8-7-9-13-27)42-45(35)34-16-11-21-43(39)38(34)36(29)30/h7-24H,5-6H2,1-4H3/q+2. The first-order valence-corrected chi connectivity index (χ1v) is 16.3. The highest BCUT2D eigenvalue weighted by molar-refractivity contribution is 6.19. The first-order chi connectivity index (χ1) is 22.0. The summed E-state index contributed by atoms with van der Waals surface area (Å²) in [5, 5.41) is 9.20. The van der Waals surface area contributed by atoms with E-state index in [0.717, 1.165) is 35.1 Å². The molecule has 0 amide bonds. The smallest absolute Gasteiger partial charge is 0.226 e. The zero-order chi connectivity index (χ0) is 30.2. The third kappa shape index (κ3) is 2.71. The molecule has 1 aliphatic carbocycles. The van der Waals surface area contributed by atoms with Crippen molar-refractivity contribution >= 4 is 32.7 Å². The Morgan fingerprint density at radius 1 is 0.756 bits per heavy atom. The number of pyridine rings is 4. The lowest BCUT2D eigenvalue weighted by molar-refractivity contribution is -0.782. The number of fused-ring (bicyclic) bond motifs is 14. The number of benzene rings is 3. The molecule has 4 nitrogen and oxygen atoms in total. The van der Waals surface area contributed by atoms with Crippen LogP contribution in [0.25, 0.3) is 55.2 Å². The van der Waals surface area contributed by atoms with E-state index in [1.807, 2.05) is 0 Å². The van der Waals surface area contributed by atoms with Crippen LogP contribution in [0.2, 0.25) is 0 Å². The maximum atomic E-state index is 5.24. The zero-order valence-corrected chi connectivity index (χ0v) is 26.1. The van der Waals surface area contributed by atoms with Crippen LogP contribution in [0.15, 0.2) is 109 Å². The van der Waals surface area contributed by atoms with Gasteiger partial charge in [-0.3, -0.25) is 0 Å². The van der Waals surface area contributed by atoms with Crippen molar-refractivity contribution in [2.24, 2.45) is 0 Å². The van der Waals surface area contributed by atoms with E-state index in [-0.39, 0.29) is 11.0 Å². The van der Waals surface area contributed by atoms with Crippen LogP contribution >= 0.6 is 0 Å². The van der Waals surface area contributed by atoms with Gasteiger partial charge in [0.15, 0.2) is 12.4 Å². The van der Waals surface area contributed by atoms with Gasteiger partial charge in [0.2, 0.25) is 11.2 Å². The summed E-state index contributed by atoms with van der Waals surface area (Å²) in [5.41, 5.74) is 14.9. The van der Waals surface area contributed by atoms with Crippen molar-refractivity contribution in [1.29, 1.82) is 0 Å². The molecule has 0 bridgehead atoms. The zero-order valence-electron chi connectivity index (χ0n) is 26.1. The topological polar surface area (TPSA) is 25.3 Å². The summed E-state index contributed by atoms with van der Waals surface area (Å²) in [6, 6.07) is 36.0. The van der Waals surface area contributed by atoms with Gasteiger partial charge in [0, 0.05) is 40.5 Å². The van der Waals surface area contributed by atoms with Gasteiger partial charge >= 0.3 is 0 Å². The Kier molecular flexibility index (Phi) is 4.68. The molecule has 216 valence electrons. The van der Waals surface area contributed by atoms with Crippen molar-refractivity contribution < 1.29 is 8.97 Å². The van der Waals surface area contributed by atoms with E-state index in [1.54, 1.807) is 0 Å². The Morgan fingerprint density at radius 3 is 2.40 bits per heavy atom. The maximum absolute atomic E-state index is 5.24. The van der Waals surface area contributed by atoms with Gasteiger partial charge in [-0.2, -0.15) is 14.1 Å². The van der Waals surface area contributed by atoms with Gasteiger partial charge in [-0.25, -0.2) is 4.52 Å². The molecule has 6 heterocycles. The molecular formula is C41H34N4+2. The minimum absolute atomic E-state index is 0.174. The molecule has 5 aromatic heterocycles. The lowest BCUT2D eigenvalue weighted by atomic mass is 9.45. The number of rotatable bonds is 3. The second-order valence-corrected chi connectivity index (χ2v) is 13.2. The Hall–Kier alpha value is -5.09. The number of nitrogens with zero attached hydrogens (tertiary/aromatic N) is 4. The van der Waals surface area contributed by atoms with Crippen LogP contribution in [-0.4, -0.2) is 9.61 Å². The molecule has 0 spiro atoms. The van der Waals surface area contributed by atoms with E-state index in [0.29, 0.717) is 0 Å². The predicted octanol–water partition coefficient (Wildman–Crippen LogP) is 8.23. The molecule has 0 saturated heterocycles. The molecule has 8 aromatic rings. The van der Waals surface area contributed by atoms with E-state index < -0.39 is 0 Å². The highest BCUT2D eigenvalue weighted by atomic mass is 15.2. The second-order valence-electron chi connectivity index (χ2n) is 13.2. The number of aromatic nitrogens is 4. The van der Waals surface area contributed by atoms with Crippen LogP contribution in [0.1, 0.15) is 54.6 Å². The highest BCUT2D eigenvalue weighted by Gasteiger charge is 2.78. The minimum Gasteiger partial charge on any atom is -0.226 e. The SMILES string of the molecule is CCC12c3cc(C)ccc3-c3ccc(C)c[n+]3C1(CC)c1c2c2cccc3c2c2c(ccc[n+]12)n1nc(-c2ccccc2)cc31. The molecule has 3 aromatic carbocycles. The summed E-state index contributed by atoms with van der Waals surface area (Å²) in [6.07, 6.45) is 6.73. The second kappa shape index (κ2) is 8.33. The van der Waals surface area contributed by atoms with Crippen LogP contribution in [0.3, 0.4) is 0 Å². The highest BCUT2D eigenvalue weighted by Crippen LogP contribution is 2.65. The summed E-state index contributed by atoms with van der Waals surface area (Å²) < 4.78 is 7.38. The van der Waals surface area contributed by atoms with E-state index in [4.69, 9.17) is 5.10 Å². The fourth-order valence-electron chi connectivity index (χ4n) is 9.62. The van der Waals surface area contributed by atoms with Crippen molar-refractivity contribution in [2.75, 3.05) is 0 Å². The van der Waals surface area contributed by atoms with Crippen molar-refractivity contribution in [2.45, 2.75) is 51.5 Å². The normalized spacial score (nSPS) is 19.9.